The number of nitrogens with zero attached hydrogens (tertiary/aromatic N) is 3. The summed E-state index contributed by atoms with van der Waals surface area (Å²) in [6.07, 6.45) is 0.459. The molecule has 0 radical (unpaired) electrons. The molecule has 15 nitrogen and oxygen atoms in total. The van der Waals surface area contributed by atoms with Gasteiger partial charge in [0.05, 0.1) is 29.9 Å². The number of alkyl carbamates (subject to hydrolysis) is 1. The summed E-state index contributed by atoms with van der Waals surface area (Å²) >= 11 is 2.39. The molecule has 3 aliphatic carbocycles. The molecular formula is C41H55F2IN6O9S. The minimum absolute atomic E-state index is 0.142. The van der Waals surface area contributed by atoms with Gasteiger partial charge in [0.15, 0.2) is 0 Å². The van der Waals surface area contributed by atoms with E-state index in [1.54, 1.807) is 46.9 Å². The summed E-state index contributed by atoms with van der Waals surface area (Å²) < 4.78 is 73.7. The zero-order valence-electron chi connectivity index (χ0n) is 34.5. The van der Waals surface area contributed by atoms with Gasteiger partial charge >= 0.3 is 6.09 Å². The Balaban J connectivity index is 1.26. The third kappa shape index (κ3) is 9.55. The molecule has 7 rings (SSSR count). The van der Waals surface area contributed by atoms with E-state index in [4.69, 9.17) is 24.2 Å². The van der Waals surface area contributed by atoms with Crippen molar-refractivity contribution in [2.45, 2.75) is 144 Å². The molecule has 5 aliphatic rings. The van der Waals surface area contributed by atoms with Crippen molar-refractivity contribution in [1.82, 2.24) is 30.2 Å². The van der Waals surface area contributed by atoms with Gasteiger partial charge in [0.2, 0.25) is 34.1 Å². The highest BCUT2D eigenvalue weighted by atomic mass is 127. The standard InChI is InChI=1S/C41H55F2IN6O9S/c1-21-31-20-50(33(21)35(51)48-41(19-23(41)16-32(42)43)38(53)49-60(55,56)26-12-13-26)37(52)34(40(2,3)4)47-39(54)59-30-17-24(44)15-22(30)9-7-6-8-10-28-36(58-31)46-29-18-25(57-5)11-14-27(29)45-28/h11,14,18,21-24,26,30-34H,6-10,12-13,15-17,19-20H2,1-5H3,(H,47,54)(H,48,51)(H,49,53)/t21-,22-,23-,24-,30-,31+,33+,34-,41-/m1/s1. The molecule has 2 aromatic rings. The molecule has 330 valence electrons. The highest BCUT2D eigenvalue weighted by Crippen LogP contribution is 2.48. The average Bonchev–Trinajstić information content (AvgIpc) is 4.08. The Kier molecular flexibility index (Phi) is 12.8. The van der Waals surface area contributed by atoms with Gasteiger partial charge in [0.1, 0.15) is 41.3 Å². The Morgan fingerprint density at radius 3 is 2.50 bits per heavy atom. The van der Waals surface area contributed by atoms with Crippen LogP contribution in [0.4, 0.5) is 13.6 Å². The third-order valence-corrected chi connectivity index (χ3v) is 15.6. The van der Waals surface area contributed by atoms with Gasteiger partial charge in [0, 0.05) is 22.3 Å². The van der Waals surface area contributed by atoms with Crippen LogP contribution in [0.3, 0.4) is 0 Å². The summed E-state index contributed by atoms with van der Waals surface area (Å²) in [5, 5.41) is 4.69. The van der Waals surface area contributed by atoms with Crippen LogP contribution in [0.2, 0.25) is 0 Å². The van der Waals surface area contributed by atoms with Crippen LogP contribution in [0, 0.1) is 23.2 Å². The lowest BCUT2D eigenvalue weighted by Crippen LogP contribution is -2.61. The minimum atomic E-state index is -4.09. The predicted octanol–water partition coefficient (Wildman–Crippen LogP) is 5.21. The van der Waals surface area contributed by atoms with Gasteiger partial charge < -0.3 is 29.7 Å². The Morgan fingerprint density at radius 1 is 1.07 bits per heavy atom. The number of rotatable bonds is 8. The van der Waals surface area contributed by atoms with Crippen molar-refractivity contribution in [2.75, 3.05) is 13.7 Å². The van der Waals surface area contributed by atoms with E-state index in [0.29, 0.717) is 52.1 Å². The monoisotopic (exact) mass is 972 g/mol. The lowest BCUT2D eigenvalue weighted by molar-refractivity contribution is -0.143. The molecular weight excluding hydrogens is 917 g/mol. The van der Waals surface area contributed by atoms with E-state index in [1.807, 2.05) is 10.8 Å². The number of halogens is 3. The molecule has 4 fully saturated rings. The van der Waals surface area contributed by atoms with Crippen molar-refractivity contribution in [1.29, 1.82) is 0 Å². The number of hydrogen-bond donors (Lipinski definition) is 3. The van der Waals surface area contributed by atoms with E-state index in [9.17, 15) is 36.4 Å². The molecule has 4 amide bonds. The quantitative estimate of drug-likeness (QED) is 0.232. The molecule has 2 aliphatic heterocycles. The molecule has 0 unspecified atom stereocenters. The Bertz CT molecular complexity index is 2110. The number of methoxy groups -OCH3 is 1. The topological polar surface area (TPSA) is 195 Å². The highest BCUT2D eigenvalue weighted by molar-refractivity contribution is 14.1. The second-order valence-electron chi connectivity index (χ2n) is 18.3. The SMILES string of the molecule is COc1ccc2nc3c(nc2c1)O[C@H]1CN(C(=O)[C@H](C(C)(C)C)NC(=O)O[C@@H]2C[C@H](I)C[C@H]2CCCCC3)[C@H](C(=O)N[C@]2(C(=O)NS(=O)(=O)C3CC3)C[C@H]2CC(F)F)[C@@H]1C. The first kappa shape index (κ1) is 44.4. The van der Waals surface area contributed by atoms with Crippen LogP contribution in [0.1, 0.15) is 97.6 Å². The molecule has 3 heterocycles. The number of ether oxygens (including phenoxy) is 3. The molecule has 19 heteroatoms. The van der Waals surface area contributed by atoms with Gasteiger partial charge in [-0.3, -0.25) is 19.1 Å². The maximum absolute atomic E-state index is 14.9. The summed E-state index contributed by atoms with van der Waals surface area (Å²) in [5.41, 5.74) is -1.11. The van der Waals surface area contributed by atoms with E-state index >= 15 is 0 Å². The van der Waals surface area contributed by atoms with Gasteiger partial charge in [-0.1, -0.05) is 63.1 Å². The number of nitrogens with one attached hydrogen (secondary N) is 3. The first-order valence-corrected chi connectivity index (χ1v) is 23.7. The number of hydrogen-bond acceptors (Lipinski definition) is 11. The van der Waals surface area contributed by atoms with Gasteiger partial charge in [-0.05, 0) is 80.8 Å². The second kappa shape index (κ2) is 17.3. The third-order valence-electron chi connectivity index (χ3n) is 12.7. The number of amides is 4. The van der Waals surface area contributed by atoms with Crippen LogP contribution in [0.5, 0.6) is 11.6 Å². The van der Waals surface area contributed by atoms with Crippen molar-refractivity contribution < 1.29 is 50.6 Å². The summed E-state index contributed by atoms with van der Waals surface area (Å²) in [6, 6.07) is 2.80. The normalized spacial score (nSPS) is 31.5. The lowest BCUT2D eigenvalue weighted by atomic mass is 9.85. The number of alkyl halides is 3. The number of aromatic nitrogens is 2. The number of carbonyl (C=O) groups is 4. The van der Waals surface area contributed by atoms with Gasteiger partial charge in [-0.25, -0.2) is 32.0 Å². The van der Waals surface area contributed by atoms with Crippen LogP contribution < -0.4 is 24.8 Å². The van der Waals surface area contributed by atoms with Crippen molar-refractivity contribution >= 4 is 67.5 Å². The number of fused-ring (bicyclic) bond motifs is 5. The zero-order chi connectivity index (χ0) is 43.3. The summed E-state index contributed by atoms with van der Waals surface area (Å²) in [4.78, 5) is 68.1. The first-order valence-electron chi connectivity index (χ1n) is 20.9. The summed E-state index contributed by atoms with van der Waals surface area (Å²) in [5.74, 6) is -3.49. The van der Waals surface area contributed by atoms with E-state index < -0.39 is 92.9 Å². The molecule has 1 saturated heterocycles. The molecule has 3 N–H and O–H groups in total. The van der Waals surface area contributed by atoms with E-state index in [1.165, 1.54) is 4.90 Å². The Labute approximate surface area is 362 Å². The predicted molar refractivity (Wildman–Crippen MR) is 224 cm³/mol. The molecule has 3 saturated carbocycles. The van der Waals surface area contributed by atoms with E-state index in [2.05, 4.69) is 33.2 Å². The van der Waals surface area contributed by atoms with Gasteiger partial charge in [-0.15, -0.1) is 0 Å². The fraction of sp³-hybridized carbons (Fsp3) is 0.707. The summed E-state index contributed by atoms with van der Waals surface area (Å²) in [6.45, 7) is 6.86. The maximum Gasteiger partial charge on any atom is 0.408 e. The lowest BCUT2D eigenvalue weighted by Gasteiger charge is -2.36. The number of carbonyl (C=O) groups excluding carboxylic acids is 4. The average molecular weight is 973 g/mol. The number of benzene rings is 1. The molecule has 0 spiro atoms. The van der Waals surface area contributed by atoms with Crippen LogP contribution in [-0.2, 0) is 35.6 Å². The summed E-state index contributed by atoms with van der Waals surface area (Å²) in [7, 11) is -2.55. The molecule has 1 aromatic heterocycles. The van der Waals surface area contributed by atoms with Crippen molar-refractivity contribution in [3.63, 3.8) is 0 Å². The Hall–Kier alpha value is -3.62. The van der Waals surface area contributed by atoms with Crippen molar-refractivity contribution in [3.05, 3.63) is 23.9 Å². The van der Waals surface area contributed by atoms with Crippen LogP contribution in [-0.4, -0.2) is 106 Å². The van der Waals surface area contributed by atoms with E-state index in [0.717, 1.165) is 32.1 Å². The molecule has 1 aromatic carbocycles. The minimum Gasteiger partial charge on any atom is -0.497 e. The second-order valence-corrected chi connectivity index (χ2v) is 22.0. The first-order chi connectivity index (χ1) is 28.3. The largest absolute Gasteiger partial charge is 0.497 e. The fourth-order valence-corrected chi connectivity index (χ4v) is 11.6. The highest BCUT2D eigenvalue weighted by Gasteiger charge is 2.64. The molecule has 2 bridgehead atoms. The van der Waals surface area contributed by atoms with Crippen molar-refractivity contribution in [3.8, 4) is 11.6 Å². The molecule has 60 heavy (non-hydrogen) atoms. The Morgan fingerprint density at radius 2 is 1.82 bits per heavy atom. The van der Waals surface area contributed by atoms with Gasteiger partial charge in [0.25, 0.3) is 5.91 Å². The smallest absolute Gasteiger partial charge is 0.408 e. The molecule has 9 atom stereocenters. The van der Waals surface area contributed by atoms with Crippen LogP contribution in [0.25, 0.3) is 11.0 Å². The number of aryl methyl sites for hydroxylation is 1. The zero-order valence-corrected chi connectivity index (χ0v) is 37.5. The van der Waals surface area contributed by atoms with Crippen LogP contribution in [0.15, 0.2) is 18.2 Å². The maximum atomic E-state index is 14.9. The van der Waals surface area contributed by atoms with Crippen LogP contribution >= 0.6 is 22.6 Å². The number of sulfonamides is 1. The fourth-order valence-electron chi connectivity index (χ4n) is 9.04. The van der Waals surface area contributed by atoms with Crippen molar-refractivity contribution in [2.24, 2.45) is 23.2 Å². The van der Waals surface area contributed by atoms with E-state index in [-0.39, 0.29) is 30.9 Å². The van der Waals surface area contributed by atoms with Gasteiger partial charge in [-0.2, -0.15) is 0 Å².